The predicted octanol–water partition coefficient (Wildman–Crippen LogP) is 3.76. The Morgan fingerprint density at radius 1 is 1.09 bits per heavy atom. The van der Waals surface area contributed by atoms with E-state index in [4.69, 9.17) is 9.57 Å². The Morgan fingerprint density at radius 3 is 2.39 bits per heavy atom. The Hall–Kier alpha value is -4.21. The van der Waals surface area contributed by atoms with Crippen molar-refractivity contribution in [1.29, 1.82) is 0 Å². The second kappa shape index (κ2) is 8.38. The minimum absolute atomic E-state index is 0.00739. The van der Waals surface area contributed by atoms with Crippen molar-refractivity contribution in [3.05, 3.63) is 71.6 Å². The van der Waals surface area contributed by atoms with Gasteiger partial charge in [0.05, 0.1) is 25.2 Å². The summed E-state index contributed by atoms with van der Waals surface area (Å²) in [4.78, 5) is 38.4. The lowest BCUT2D eigenvalue weighted by molar-refractivity contribution is -0.128. The highest BCUT2D eigenvalue weighted by Gasteiger charge is 2.40. The highest BCUT2D eigenvalue weighted by Crippen LogP contribution is 2.32. The first-order valence-electron chi connectivity index (χ1n) is 9.78. The van der Waals surface area contributed by atoms with Gasteiger partial charge in [0.1, 0.15) is 22.9 Å². The second-order valence-corrected chi connectivity index (χ2v) is 7.62. The summed E-state index contributed by atoms with van der Waals surface area (Å²) in [6, 6.07) is 8.13. The van der Waals surface area contributed by atoms with E-state index < -0.39 is 28.7 Å². The number of halogens is 2. The van der Waals surface area contributed by atoms with Crippen LogP contribution in [0.15, 0.2) is 53.9 Å². The summed E-state index contributed by atoms with van der Waals surface area (Å²) in [6.07, 6.45) is 2.59. The van der Waals surface area contributed by atoms with Crippen LogP contribution in [0.5, 0.6) is 5.75 Å². The van der Waals surface area contributed by atoms with E-state index in [1.54, 1.807) is 32.0 Å². The Morgan fingerprint density at radius 2 is 1.82 bits per heavy atom. The second-order valence-electron chi connectivity index (χ2n) is 7.62. The average molecular weight is 452 g/mol. The molecule has 1 amide bonds. The van der Waals surface area contributed by atoms with Gasteiger partial charge in [0.15, 0.2) is 17.1 Å². The Balaban J connectivity index is 1.61. The topological polar surface area (TPSA) is 103 Å². The van der Waals surface area contributed by atoms with Crippen molar-refractivity contribution in [2.75, 3.05) is 12.4 Å². The number of ether oxygens (including phenoxy) is 1. The number of methoxy groups -OCH3 is 1. The molecule has 1 aliphatic rings. The molecule has 0 saturated heterocycles. The molecule has 0 fully saturated rings. The quantitative estimate of drug-likeness (QED) is 0.632. The number of hydrogen-bond acceptors (Lipinski definition) is 7. The molecule has 0 spiro atoms. The van der Waals surface area contributed by atoms with Gasteiger partial charge in [-0.25, -0.2) is 13.8 Å². The number of rotatable bonds is 5. The maximum atomic E-state index is 13.8. The standard InChI is InChI=1S/C23H18F2N4O4/c1-23(2)21(30)20(29-33-23)12-7-8-17(32-3)13(9-12)16-10-27-18(11-26-16)28-22(31)19-14(24)5-4-6-15(19)25/h4-11H,1-3H3,(H,27,28,31). The number of hydrogen-bond donors (Lipinski definition) is 1. The van der Waals surface area contributed by atoms with Crippen molar-refractivity contribution in [1.82, 2.24) is 9.97 Å². The van der Waals surface area contributed by atoms with Gasteiger partial charge < -0.3 is 14.9 Å². The number of oxime groups is 1. The molecule has 0 atom stereocenters. The summed E-state index contributed by atoms with van der Waals surface area (Å²) < 4.78 is 33.0. The number of anilines is 1. The predicted molar refractivity (Wildman–Crippen MR) is 115 cm³/mol. The Labute approximate surface area is 187 Å². The third kappa shape index (κ3) is 4.14. The summed E-state index contributed by atoms with van der Waals surface area (Å²) >= 11 is 0. The number of carbonyl (C=O) groups excluding carboxylic acids is 2. The van der Waals surface area contributed by atoms with Gasteiger partial charge in [0, 0.05) is 11.1 Å². The van der Waals surface area contributed by atoms with E-state index in [0.717, 1.165) is 18.2 Å². The van der Waals surface area contributed by atoms with Gasteiger partial charge in [0.25, 0.3) is 5.91 Å². The number of ketones is 1. The molecule has 0 bridgehead atoms. The van der Waals surface area contributed by atoms with Gasteiger partial charge in [-0.2, -0.15) is 0 Å². The number of Topliss-reactive ketones (excluding diaryl/α,β-unsaturated/α-hetero) is 1. The average Bonchev–Trinajstić information content (AvgIpc) is 3.06. The van der Waals surface area contributed by atoms with Crippen LogP contribution in [0.2, 0.25) is 0 Å². The summed E-state index contributed by atoms with van der Waals surface area (Å²) in [5, 5.41) is 6.22. The van der Waals surface area contributed by atoms with Gasteiger partial charge in [0.2, 0.25) is 5.78 Å². The Bertz CT molecular complexity index is 1270. The molecule has 1 aromatic heterocycles. The number of carbonyl (C=O) groups is 2. The van der Waals surface area contributed by atoms with Crippen LogP contribution in [0.1, 0.15) is 29.8 Å². The van der Waals surface area contributed by atoms with Crippen LogP contribution >= 0.6 is 0 Å². The normalized spacial score (nSPS) is 14.5. The molecule has 0 radical (unpaired) electrons. The lowest BCUT2D eigenvalue weighted by Gasteiger charge is -2.13. The highest BCUT2D eigenvalue weighted by atomic mass is 19.1. The zero-order valence-electron chi connectivity index (χ0n) is 17.8. The fraction of sp³-hybridized carbons (Fsp3) is 0.174. The lowest BCUT2D eigenvalue weighted by Crippen LogP contribution is -2.33. The van der Waals surface area contributed by atoms with Crippen molar-refractivity contribution in [2.24, 2.45) is 5.16 Å². The number of aromatic nitrogens is 2. The Kier molecular flexibility index (Phi) is 5.59. The van der Waals surface area contributed by atoms with E-state index >= 15 is 0 Å². The monoisotopic (exact) mass is 452 g/mol. The van der Waals surface area contributed by atoms with Crippen LogP contribution in [0.3, 0.4) is 0 Å². The van der Waals surface area contributed by atoms with Crippen molar-refractivity contribution in [3.8, 4) is 17.0 Å². The molecular formula is C23H18F2N4O4. The van der Waals surface area contributed by atoms with Crippen molar-refractivity contribution in [2.45, 2.75) is 19.4 Å². The summed E-state index contributed by atoms with van der Waals surface area (Å²) in [7, 11) is 1.48. The molecule has 0 aliphatic carbocycles. The molecule has 10 heteroatoms. The van der Waals surface area contributed by atoms with Crippen LogP contribution in [-0.2, 0) is 9.63 Å². The van der Waals surface area contributed by atoms with Crippen LogP contribution in [0.25, 0.3) is 11.3 Å². The SMILES string of the molecule is COc1ccc(C2=NOC(C)(C)C2=O)cc1-c1cnc(NC(=O)c2c(F)cccc2F)cn1. The number of benzene rings is 2. The molecule has 4 rings (SSSR count). The van der Waals surface area contributed by atoms with Crippen LogP contribution < -0.4 is 10.1 Å². The van der Waals surface area contributed by atoms with E-state index in [-0.39, 0.29) is 17.3 Å². The molecule has 1 aliphatic heterocycles. The molecule has 168 valence electrons. The minimum atomic E-state index is -1.05. The van der Waals surface area contributed by atoms with Gasteiger partial charge in [-0.1, -0.05) is 11.2 Å². The first kappa shape index (κ1) is 22.0. The van der Waals surface area contributed by atoms with E-state index in [0.29, 0.717) is 22.6 Å². The number of nitrogens with one attached hydrogen (secondary N) is 1. The highest BCUT2D eigenvalue weighted by molar-refractivity contribution is 6.49. The molecular weight excluding hydrogens is 434 g/mol. The largest absolute Gasteiger partial charge is 0.496 e. The summed E-state index contributed by atoms with van der Waals surface area (Å²) in [6.45, 7) is 3.25. The first-order chi connectivity index (χ1) is 15.7. The zero-order valence-corrected chi connectivity index (χ0v) is 17.8. The fourth-order valence-corrected chi connectivity index (χ4v) is 3.19. The summed E-state index contributed by atoms with van der Waals surface area (Å²) in [5.74, 6) is -2.78. The zero-order chi connectivity index (χ0) is 23.8. The fourth-order valence-electron chi connectivity index (χ4n) is 3.19. The van der Waals surface area contributed by atoms with E-state index in [1.807, 2.05) is 0 Å². The number of amides is 1. The first-order valence-corrected chi connectivity index (χ1v) is 9.78. The van der Waals surface area contributed by atoms with Gasteiger partial charge in [-0.05, 0) is 44.2 Å². The van der Waals surface area contributed by atoms with Gasteiger partial charge in [-0.15, -0.1) is 0 Å². The van der Waals surface area contributed by atoms with Crippen molar-refractivity contribution in [3.63, 3.8) is 0 Å². The van der Waals surface area contributed by atoms with Crippen molar-refractivity contribution < 1.29 is 27.9 Å². The minimum Gasteiger partial charge on any atom is -0.496 e. The maximum absolute atomic E-state index is 13.8. The van der Waals surface area contributed by atoms with Gasteiger partial charge in [-0.3, -0.25) is 14.6 Å². The van der Waals surface area contributed by atoms with Crippen molar-refractivity contribution >= 4 is 23.2 Å². The maximum Gasteiger partial charge on any atom is 0.262 e. The number of nitrogens with zero attached hydrogens (tertiary/aromatic N) is 3. The van der Waals surface area contributed by atoms with Crippen LogP contribution in [-0.4, -0.2) is 40.1 Å². The molecule has 2 aromatic carbocycles. The third-order valence-corrected chi connectivity index (χ3v) is 4.96. The third-order valence-electron chi connectivity index (χ3n) is 4.96. The molecule has 8 nitrogen and oxygen atoms in total. The molecule has 1 N–H and O–H groups in total. The smallest absolute Gasteiger partial charge is 0.262 e. The van der Waals surface area contributed by atoms with E-state index in [2.05, 4.69) is 20.4 Å². The van der Waals surface area contributed by atoms with Gasteiger partial charge >= 0.3 is 0 Å². The summed E-state index contributed by atoms with van der Waals surface area (Å²) in [5.41, 5.74) is -0.198. The van der Waals surface area contributed by atoms with Crippen LogP contribution in [0.4, 0.5) is 14.6 Å². The molecule has 33 heavy (non-hydrogen) atoms. The van der Waals surface area contributed by atoms with E-state index in [9.17, 15) is 18.4 Å². The molecule has 3 aromatic rings. The molecule has 0 saturated carbocycles. The molecule has 0 unspecified atom stereocenters. The van der Waals surface area contributed by atoms with Crippen LogP contribution in [0, 0.1) is 11.6 Å². The van der Waals surface area contributed by atoms with E-state index in [1.165, 1.54) is 19.5 Å². The molecule has 2 heterocycles. The lowest BCUT2D eigenvalue weighted by atomic mass is 9.94.